The van der Waals surface area contributed by atoms with Crippen molar-refractivity contribution in [3.63, 3.8) is 0 Å². The third-order valence-electron chi connectivity index (χ3n) is 3.25. The molecule has 0 aliphatic carbocycles. The number of nitrogens with two attached hydrogens (primary N) is 1. The Hall–Kier alpha value is -2.41. The molecular weight excluding hydrogens is 295 g/mol. The van der Waals surface area contributed by atoms with E-state index in [1.807, 2.05) is 0 Å². The van der Waals surface area contributed by atoms with Crippen LogP contribution < -0.4 is 5.73 Å². The number of benzene rings is 2. The van der Waals surface area contributed by atoms with Gasteiger partial charge in [-0.05, 0) is 35.9 Å². The van der Waals surface area contributed by atoms with Crippen LogP contribution in [0.15, 0.2) is 47.4 Å². The summed E-state index contributed by atoms with van der Waals surface area (Å²) in [5.74, 6) is -1.12. The number of hydrogen-bond donors (Lipinski definition) is 1. The van der Waals surface area contributed by atoms with E-state index in [9.17, 15) is 17.6 Å². The van der Waals surface area contributed by atoms with E-state index in [0.29, 0.717) is 5.56 Å². The van der Waals surface area contributed by atoms with E-state index < -0.39 is 21.7 Å². The van der Waals surface area contributed by atoms with E-state index in [-0.39, 0.29) is 22.7 Å². The molecule has 0 saturated carbocycles. The Kier molecular flexibility index (Phi) is 2.94. The van der Waals surface area contributed by atoms with Crippen molar-refractivity contribution in [2.24, 2.45) is 0 Å². The number of fused-ring (bicyclic) bond motifs is 1. The second-order valence-electron chi connectivity index (χ2n) is 4.70. The predicted molar refractivity (Wildman–Crippen MR) is 74.3 cm³/mol. The lowest BCUT2D eigenvalue weighted by Gasteiger charge is -2.15. The SMILES string of the molecule is Nc1ccc2c(c1)S(=O)(=O)N(Cc1cccc(F)c1)C2=O. The molecule has 2 aromatic rings. The molecule has 2 aromatic carbocycles. The molecule has 0 spiro atoms. The Morgan fingerprint density at radius 1 is 1.14 bits per heavy atom. The van der Waals surface area contributed by atoms with Crippen LogP contribution in [0.1, 0.15) is 15.9 Å². The van der Waals surface area contributed by atoms with Crippen molar-refractivity contribution < 1.29 is 17.6 Å². The fraction of sp³-hybridized carbons (Fsp3) is 0.0714. The molecule has 1 aliphatic rings. The molecule has 0 unspecified atom stereocenters. The van der Waals surface area contributed by atoms with Crippen LogP contribution in [-0.4, -0.2) is 18.6 Å². The number of anilines is 1. The minimum Gasteiger partial charge on any atom is -0.399 e. The van der Waals surface area contributed by atoms with E-state index >= 15 is 0 Å². The summed E-state index contributed by atoms with van der Waals surface area (Å²) in [5.41, 5.74) is 6.31. The maximum Gasteiger partial charge on any atom is 0.269 e. The first-order valence-corrected chi connectivity index (χ1v) is 7.54. The molecule has 1 aliphatic heterocycles. The summed E-state index contributed by atoms with van der Waals surface area (Å²) < 4.78 is 38.7. The Morgan fingerprint density at radius 2 is 1.90 bits per heavy atom. The van der Waals surface area contributed by atoms with Crippen molar-refractivity contribution in [3.05, 3.63) is 59.4 Å². The fourth-order valence-corrected chi connectivity index (χ4v) is 3.84. The van der Waals surface area contributed by atoms with Gasteiger partial charge in [-0.3, -0.25) is 4.79 Å². The number of carbonyl (C=O) groups is 1. The first kappa shape index (κ1) is 13.6. The molecule has 2 N–H and O–H groups in total. The number of rotatable bonds is 2. The summed E-state index contributed by atoms with van der Waals surface area (Å²) in [5, 5.41) is 0. The second kappa shape index (κ2) is 4.56. The second-order valence-corrected chi connectivity index (χ2v) is 6.53. The van der Waals surface area contributed by atoms with Crippen LogP contribution in [-0.2, 0) is 16.6 Å². The summed E-state index contributed by atoms with van der Waals surface area (Å²) in [4.78, 5) is 12.1. The van der Waals surface area contributed by atoms with Crippen LogP contribution in [0, 0.1) is 5.82 Å². The number of halogens is 1. The molecule has 0 fully saturated rings. The van der Waals surface area contributed by atoms with Gasteiger partial charge in [0, 0.05) is 5.69 Å². The lowest BCUT2D eigenvalue weighted by atomic mass is 10.2. The Labute approximate surface area is 120 Å². The smallest absolute Gasteiger partial charge is 0.269 e. The Balaban J connectivity index is 2.04. The molecule has 0 atom stereocenters. The summed E-state index contributed by atoms with van der Waals surface area (Å²) in [6.45, 7) is -0.215. The third kappa shape index (κ3) is 2.15. The van der Waals surface area contributed by atoms with Crippen LogP contribution >= 0.6 is 0 Å². The summed E-state index contributed by atoms with van der Waals surface area (Å²) in [6, 6.07) is 9.58. The molecule has 3 rings (SSSR count). The van der Waals surface area contributed by atoms with Crippen molar-refractivity contribution in [3.8, 4) is 0 Å². The molecule has 108 valence electrons. The fourth-order valence-electron chi connectivity index (χ4n) is 2.25. The number of amides is 1. The molecule has 7 heteroatoms. The molecule has 0 saturated heterocycles. The van der Waals surface area contributed by atoms with Crippen molar-refractivity contribution in [1.29, 1.82) is 0 Å². The van der Waals surface area contributed by atoms with Gasteiger partial charge in [0.2, 0.25) is 0 Å². The van der Waals surface area contributed by atoms with Crippen molar-refractivity contribution >= 4 is 21.6 Å². The number of nitrogen functional groups attached to an aromatic ring is 1. The van der Waals surface area contributed by atoms with Gasteiger partial charge in [0.25, 0.3) is 15.9 Å². The maximum absolute atomic E-state index is 13.2. The topological polar surface area (TPSA) is 80.5 Å². The molecule has 0 radical (unpaired) electrons. The molecule has 0 aromatic heterocycles. The highest BCUT2D eigenvalue weighted by Crippen LogP contribution is 2.32. The summed E-state index contributed by atoms with van der Waals surface area (Å²) in [6.07, 6.45) is 0. The van der Waals surface area contributed by atoms with E-state index in [4.69, 9.17) is 5.73 Å². The standard InChI is InChI=1S/C14H11FN2O3S/c15-10-3-1-2-9(6-10)8-17-14(18)12-5-4-11(16)7-13(12)21(17,19)20/h1-7H,8,16H2. The third-order valence-corrected chi connectivity index (χ3v) is 5.01. The lowest BCUT2D eigenvalue weighted by molar-refractivity contribution is 0.0865. The summed E-state index contributed by atoms with van der Waals surface area (Å²) in [7, 11) is -3.95. The van der Waals surface area contributed by atoms with Gasteiger partial charge in [-0.1, -0.05) is 12.1 Å². The van der Waals surface area contributed by atoms with Crippen LogP contribution in [0.5, 0.6) is 0 Å². The molecule has 21 heavy (non-hydrogen) atoms. The van der Waals surface area contributed by atoms with Gasteiger partial charge in [0.15, 0.2) is 0 Å². The Morgan fingerprint density at radius 3 is 2.62 bits per heavy atom. The minimum absolute atomic E-state index is 0.0839. The van der Waals surface area contributed by atoms with E-state index in [1.165, 1.54) is 36.4 Å². The highest BCUT2D eigenvalue weighted by atomic mass is 32.2. The van der Waals surface area contributed by atoms with Gasteiger partial charge in [-0.25, -0.2) is 17.1 Å². The van der Waals surface area contributed by atoms with Crippen molar-refractivity contribution in [2.75, 3.05) is 5.73 Å². The average Bonchev–Trinajstić information content (AvgIpc) is 2.60. The molecule has 5 nitrogen and oxygen atoms in total. The number of sulfonamides is 1. The quantitative estimate of drug-likeness (QED) is 0.857. The lowest BCUT2D eigenvalue weighted by Crippen LogP contribution is -2.29. The van der Waals surface area contributed by atoms with E-state index in [2.05, 4.69) is 0 Å². The summed E-state index contributed by atoms with van der Waals surface area (Å²) >= 11 is 0. The van der Waals surface area contributed by atoms with Gasteiger partial charge >= 0.3 is 0 Å². The van der Waals surface area contributed by atoms with E-state index in [1.54, 1.807) is 6.07 Å². The average molecular weight is 306 g/mol. The van der Waals surface area contributed by atoms with Gasteiger partial charge < -0.3 is 5.73 Å². The van der Waals surface area contributed by atoms with Gasteiger partial charge in [0.1, 0.15) is 10.7 Å². The van der Waals surface area contributed by atoms with Gasteiger partial charge in [-0.2, -0.15) is 0 Å². The minimum atomic E-state index is -3.95. The van der Waals surface area contributed by atoms with Gasteiger partial charge in [0.05, 0.1) is 12.1 Å². The zero-order valence-corrected chi connectivity index (χ0v) is 11.6. The number of carbonyl (C=O) groups excluding carboxylic acids is 1. The largest absolute Gasteiger partial charge is 0.399 e. The first-order chi connectivity index (χ1) is 9.89. The normalized spacial score (nSPS) is 16.0. The van der Waals surface area contributed by atoms with Crippen molar-refractivity contribution in [1.82, 2.24) is 4.31 Å². The zero-order valence-electron chi connectivity index (χ0n) is 10.8. The maximum atomic E-state index is 13.2. The number of nitrogens with zero attached hydrogens (tertiary/aromatic N) is 1. The number of hydrogen-bond acceptors (Lipinski definition) is 4. The zero-order chi connectivity index (χ0) is 15.2. The van der Waals surface area contributed by atoms with Gasteiger partial charge in [-0.15, -0.1) is 0 Å². The monoisotopic (exact) mass is 306 g/mol. The molecule has 1 heterocycles. The first-order valence-electron chi connectivity index (χ1n) is 6.10. The Bertz CT molecular complexity index is 849. The van der Waals surface area contributed by atoms with Crippen LogP contribution in [0.4, 0.5) is 10.1 Å². The molecule has 1 amide bonds. The van der Waals surface area contributed by atoms with Crippen molar-refractivity contribution in [2.45, 2.75) is 11.4 Å². The van der Waals surface area contributed by atoms with Crippen LogP contribution in [0.25, 0.3) is 0 Å². The van der Waals surface area contributed by atoms with Crippen LogP contribution in [0.3, 0.4) is 0 Å². The predicted octanol–water partition coefficient (Wildman–Crippen LogP) is 1.75. The molecular formula is C14H11FN2O3S. The molecule has 0 bridgehead atoms. The van der Waals surface area contributed by atoms with E-state index in [0.717, 1.165) is 4.31 Å². The highest BCUT2D eigenvalue weighted by Gasteiger charge is 2.41. The highest BCUT2D eigenvalue weighted by molar-refractivity contribution is 7.90. The van der Waals surface area contributed by atoms with Crippen LogP contribution in [0.2, 0.25) is 0 Å².